The maximum absolute atomic E-state index is 14.1. The zero-order valence-electron chi connectivity index (χ0n) is 16.0. The van der Waals surface area contributed by atoms with Crippen molar-refractivity contribution in [2.45, 2.75) is 36.7 Å². The summed E-state index contributed by atoms with van der Waals surface area (Å²) in [7, 11) is 1.79. The Labute approximate surface area is 167 Å². The van der Waals surface area contributed by atoms with Gasteiger partial charge in [0.2, 0.25) is 5.91 Å². The molecule has 0 aliphatic carbocycles. The maximum Gasteiger partial charge on any atom is 0.240 e. The molecule has 0 bridgehead atoms. The van der Waals surface area contributed by atoms with Crippen LogP contribution in [-0.4, -0.2) is 32.0 Å². The second-order valence-electron chi connectivity index (χ2n) is 7.00. The lowest BCUT2D eigenvalue weighted by atomic mass is 10.1. The van der Waals surface area contributed by atoms with Crippen LogP contribution >= 0.6 is 11.8 Å². The lowest BCUT2D eigenvalue weighted by Crippen LogP contribution is -2.40. The van der Waals surface area contributed by atoms with E-state index in [0.717, 1.165) is 12.1 Å². The van der Waals surface area contributed by atoms with Crippen molar-refractivity contribution >= 4 is 23.4 Å². The molecule has 0 spiro atoms. The molecular formula is C21H21FN4OS. The number of para-hydroxylation sites is 1. The van der Waals surface area contributed by atoms with Crippen molar-refractivity contribution in [1.82, 2.24) is 14.8 Å². The molecule has 2 heterocycles. The van der Waals surface area contributed by atoms with Gasteiger partial charge in [0.05, 0.1) is 10.8 Å². The van der Waals surface area contributed by atoms with Crippen LogP contribution in [0.1, 0.15) is 19.4 Å². The minimum Gasteiger partial charge on any atom is -0.308 e. The van der Waals surface area contributed by atoms with E-state index < -0.39 is 0 Å². The predicted molar refractivity (Wildman–Crippen MR) is 109 cm³/mol. The van der Waals surface area contributed by atoms with Gasteiger partial charge in [-0.2, -0.15) is 0 Å². The summed E-state index contributed by atoms with van der Waals surface area (Å²) in [5.74, 6) is 0.138. The quantitative estimate of drug-likeness (QED) is 0.624. The van der Waals surface area contributed by atoms with Gasteiger partial charge in [-0.1, -0.05) is 42.1 Å². The van der Waals surface area contributed by atoms with Crippen molar-refractivity contribution in [3.8, 4) is 11.4 Å². The van der Waals surface area contributed by atoms with Crippen molar-refractivity contribution in [2.24, 2.45) is 7.05 Å². The number of carbonyl (C=O) groups is 1. The fourth-order valence-corrected chi connectivity index (χ4v) is 4.46. The third-order valence-electron chi connectivity index (χ3n) is 5.02. The average molecular weight is 396 g/mol. The number of anilines is 1. The van der Waals surface area contributed by atoms with Crippen molar-refractivity contribution in [2.75, 3.05) is 4.90 Å². The van der Waals surface area contributed by atoms with E-state index in [1.807, 2.05) is 30.0 Å². The van der Waals surface area contributed by atoms with E-state index in [0.29, 0.717) is 16.5 Å². The Balaban J connectivity index is 1.56. The van der Waals surface area contributed by atoms with Crippen LogP contribution in [0.25, 0.3) is 11.4 Å². The first-order chi connectivity index (χ1) is 13.5. The normalized spacial score (nSPS) is 16.9. The summed E-state index contributed by atoms with van der Waals surface area (Å²) in [6, 6.07) is 14.6. The first-order valence-corrected chi connectivity index (χ1v) is 10.1. The third kappa shape index (κ3) is 3.20. The largest absolute Gasteiger partial charge is 0.308 e. The van der Waals surface area contributed by atoms with E-state index in [4.69, 9.17) is 0 Å². The van der Waals surface area contributed by atoms with E-state index in [1.54, 1.807) is 29.8 Å². The highest BCUT2D eigenvalue weighted by Gasteiger charge is 2.34. The molecular weight excluding hydrogens is 375 g/mol. The zero-order chi connectivity index (χ0) is 19.8. The second-order valence-corrected chi connectivity index (χ2v) is 8.30. The number of benzene rings is 2. The number of hydrogen-bond acceptors (Lipinski definition) is 4. The van der Waals surface area contributed by atoms with E-state index in [-0.39, 0.29) is 23.0 Å². The number of carbonyl (C=O) groups excluding carboxylic acids is 1. The van der Waals surface area contributed by atoms with Crippen LogP contribution in [0.5, 0.6) is 0 Å². The smallest absolute Gasteiger partial charge is 0.240 e. The Morgan fingerprint density at radius 3 is 2.68 bits per heavy atom. The third-order valence-corrected chi connectivity index (χ3v) is 6.15. The summed E-state index contributed by atoms with van der Waals surface area (Å²) in [6.45, 7) is 3.94. The zero-order valence-corrected chi connectivity index (χ0v) is 16.8. The van der Waals surface area contributed by atoms with Gasteiger partial charge in [0, 0.05) is 18.8 Å². The van der Waals surface area contributed by atoms with Crippen LogP contribution in [-0.2, 0) is 18.3 Å². The summed E-state index contributed by atoms with van der Waals surface area (Å²) >= 11 is 1.34. The summed E-state index contributed by atoms with van der Waals surface area (Å²) in [5.41, 5.74) is 2.57. The van der Waals surface area contributed by atoms with Gasteiger partial charge in [-0.25, -0.2) is 4.39 Å². The average Bonchev–Trinajstić information content (AvgIpc) is 3.21. The monoisotopic (exact) mass is 396 g/mol. The minimum atomic E-state index is -0.346. The van der Waals surface area contributed by atoms with Crippen LogP contribution < -0.4 is 4.90 Å². The summed E-state index contributed by atoms with van der Waals surface area (Å²) in [5, 5.41) is 8.56. The van der Waals surface area contributed by atoms with Crippen molar-refractivity contribution in [3.63, 3.8) is 0 Å². The molecule has 1 aliphatic heterocycles. The van der Waals surface area contributed by atoms with Crippen molar-refractivity contribution in [3.05, 3.63) is 59.9 Å². The van der Waals surface area contributed by atoms with Crippen molar-refractivity contribution < 1.29 is 9.18 Å². The molecule has 0 N–H and O–H groups in total. The topological polar surface area (TPSA) is 51.0 Å². The number of hydrogen-bond donors (Lipinski definition) is 0. The fourth-order valence-electron chi connectivity index (χ4n) is 3.60. The van der Waals surface area contributed by atoms with Crippen LogP contribution in [0, 0.1) is 5.82 Å². The molecule has 0 saturated heterocycles. The summed E-state index contributed by atoms with van der Waals surface area (Å²) in [4.78, 5) is 15.0. The van der Waals surface area contributed by atoms with Gasteiger partial charge in [0.1, 0.15) is 5.82 Å². The maximum atomic E-state index is 14.1. The van der Waals surface area contributed by atoms with E-state index in [2.05, 4.69) is 23.2 Å². The van der Waals surface area contributed by atoms with Crippen LogP contribution in [0.3, 0.4) is 0 Å². The molecule has 2 atom stereocenters. The van der Waals surface area contributed by atoms with Gasteiger partial charge in [-0.15, -0.1) is 10.2 Å². The Bertz CT molecular complexity index is 1030. The van der Waals surface area contributed by atoms with E-state index in [9.17, 15) is 9.18 Å². The summed E-state index contributed by atoms with van der Waals surface area (Å²) < 4.78 is 15.8. The molecule has 7 heteroatoms. The van der Waals surface area contributed by atoms with Gasteiger partial charge in [0.25, 0.3) is 0 Å². The molecule has 4 rings (SSSR count). The highest BCUT2D eigenvalue weighted by atomic mass is 32.2. The summed E-state index contributed by atoms with van der Waals surface area (Å²) in [6.07, 6.45) is 0.862. The van der Waals surface area contributed by atoms with Crippen LogP contribution in [0.15, 0.2) is 53.7 Å². The first kappa shape index (κ1) is 18.7. The molecule has 0 saturated carbocycles. The highest BCUT2D eigenvalue weighted by molar-refractivity contribution is 8.00. The number of thioether (sulfide) groups is 1. The number of halogens is 1. The predicted octanol–water partition coefficient (Wildman–Crippen LogP) is 4.08. The van der Waals surface area contributed by atoms with Crippen molar-refractivity contribution in [1.29, 1.82) is 0 Å². The number of aromatic nitrogens is 3. The number of fused-ring (bicyclic) bond motifs is 1. The van der Waals surface area contributed by atoms with E-state index in [1.165, 1.54) is 23.4 Å². The second kappa shape index (κ2) is 7.39. The molecule has 1 amide bonds. The molecule has 0 radical (unpaired) electrons. The standard InChI is InChI=1S/C21H21FN4OS/c1-13-12-15-8-4-7-11-18(15)26(13)20(27)14(2)28-21-24-23-19(25(21)3)16-9-5-6-10-17(16)22/h4-11,13-14H,12H2,1-3H3/t13-,14+/m0/s1. The molecule has 3 aromatic rings. The molecule has 28 heavy (non-hydrogen) atoms. The fraction of sp³-hybridized carbons (Fsp3) is 0.286. The van der Waals surface area contributed by atoms with E-state index >= 15 is 0 Å². The Morgan fingerprint density at radius 1 is 1.18 bits per heavy atom. The van der Waals surface area contributed by atoms with Gasteiger partial charge in [0.15, 0.2) is 11.0 Å². The van der Waals surface area contributed by atoms with Gasteiger partial charge in [-0.3, -0.25) is 4.79 Å². The minimum absolute atomic E-state index is 0.0397. The Hall–Kier alpha value is -2.67. The Kier molecular flexibility index (Phi) is 4.93. The van der Waals surface area contributed by atoms with Gasteiger partial charge >= 0.3 is 0 Å². The first-order valence-electron chi connectivity index (χ1n) is 9.19. The number of rotatable bonds is 4. The molecule has 0 fully saturated rings. The molecule has 0 unspecified atom stereocenters. The molecule has 1 aromatic heterocycles. The molecule has 5 nitrogen and oxygen atoms in total. The van der Waals surface area contributed by atoms with Crippen LogP contribution in [0.4, 0.5) is 10.1 Å². The van der Waals surface area contributed by atoms with Gasteiger partial charge in [-0.05, 0) is 44.0 Å². The van der Waals surface area contributed by atoms with Crippen LogP contribution in [0.2, 0.25) is 0 Å². The molecule has 144 valence electrons. The Morgan fingerprint density at radius 2 is 1.89 bits per heavy atom. The SMILES string of the molecule is C[C@@H](Sc1nnc(-c2ccccc2F)n1C)C(=O)N1c2ccccc2C[C@@H]1C. The van der Waals surface area contributed by atoms with Gasteiger partial charge < -0.3 is 9.47 Å². The lowest BCUT2D eigenvalue weighted by Gasteiger charge is -2.25. The number of amides is 1. The highest BCUT2D eigenvalue weighted by Crippen LogP contribution is 2.35. The molecule has 2 aromatic carbocycles. The lowest BCUT2D eigenvalue weighted by molar-refractivity contribution is -0.118. The molecule has 1 aliphatic rings. The number of nitrogens with zero attached hydrogens (tertiary/aromatic N) is 4.